The average Bonchev–Trinajstić information content (AvgIpc) is 3.17. The minimum Gasteiger partial charge on any atom is -0.405 e. The standard InChI is InChI=1S/C19H15F3N6O3/c20-19(21,22)31-13-8-4-2-6-11(13)14-26-15-10-5-1-3-7-12(10)25-17(28(15)27-14)18(24,9-29)16(23)30/h1-8,29H,9,24H2,(H2,23,30)/t18-/m1/s1. The summed E-state index contributed by atoms with van der Waals surface area (Å²) in [5.74, 6) is -1.94. The van der Waals surface area contributed by atoms with Crippen LogP contribution in [0, 0.1) is 0 Å². The molecule has 2 heterocycles. The Balaban J connectivity index is 2.03. The first-order chi connectivity index (χ1) is 14.6. The molecule has 5 N–H and O–H groups in total. The highest BCUT2D eigenvalue weighted by Gasteiger charge is 2.39. The smallest absolute Gasteiger partial charge is 0.405 e. The van der Waals surface area contributed by atoms with Gasteiger partial charge in [0, 0.05) is 5.39 Å². The van der Waals surface area contributed by atoms with E-state index in [1.165, 1.54) is 18.2 Å². The first-order valence-electron chi connectivity index (χ1n) is 8.85. The molecule has 0 unspecified atom stereocenters. The van der Waals surface area contributed by atoms with E-state index < -0.39 is 30.2 Å². The number of hydrogen-bond acceptors (Lipinski definition) is 7. The summed E-state index contributed by atoms with van der Waals surface area (Å²) < 4.78 is 43.7. The van der Waals surface area contributed by atoms with Gasteiger partial charge in [-0.2, -0.15) is 4.52 Å². The molecule has 2 aromatic heterocycles. The van der Waals surface area contributed by atoms with Crippen LogP contribution in [0.1, 0.15) is 5.82 Å². The SMILES string of the molecule is NC(=O)[C@](N)(CO)c1nc2ccccc2c2nc(-c3ccccc3OC(F)(F)F)nn12. The summed E-state index contributed by atoms with van der Waals surface area (Å²) in [5, 5.41) is 14.5. The molecule has 0 fully saturated rings. The molecule has 12 heteroatoms. The number of carbonyl (C=O) groups excluding carboxylic acids is 1. The fourth-order valence-electron chi connectivity index (χ4n) is 3.08. The molecular formula is C19H15F3N6O3. The lowest BCUT2D eigenvalue weighted by Gasteiger charge is -2.23. The first kappa shape index (κ1) is 20.5. The van der Waals surface area contributed by atoms with Crippen molar-refractivity contribution in [1.29, 1.82) is 0 Å². The van der Waals surface area contributed by atoms with E-state index in [-0.39, 0.29) is 22.9 Å². The van der Waals surface area contributed by atoms with Crippen molar-refractivity contribution in [2.75, 3.05) is 6.61 Å². The molecule has 0 aliphatic rings. The molecule has 0 aliphatic heterocycles. The van der Waals surface area contributed by atoms with Crippen molar-refractivity contribution in [3.8, 4) is 17.1 Å². The predicted octanol–water partition coefficient (Wildman–Crippen LogP) is 1.47. The Morgan fingerprint density at radius 1 is 1.10 bits per heavy atom. The van der Waals surface area contributed by atoms with Crippen LogP contribution in [0.3, 0.4) is 0 Å². The monoisotopic (exact) mass is 432 g/mol. The van der Waals surface area contributed by atoms with Crippen LogP contribution in [0.4, 0.5) is 13.2 Å². The average molecular weight is 432 g/mol. The molecule has 0 bridgehead atoms. The number of fused-ring (bicyclic) bond motifs is 3. The lowest BCUT2D eigenvalue weighted by Crippen LogP contribution is -2.53. The Morgan fingerprint density at radius 3 is 2.45 bits per heavy atom. The summed E-state index contributed by atoms with van der Waals surface area (Å²) in [6.45, 7) is -0.883. The van der Waals surface area contributed by atoms with Crippen molar-refractivity contribution < 1.29 is 27.8 Å². The van der Waals surface area contributed by atoms with Crippen LogP contribution in [0.15, 0.2) is 48.5 Å². The normalized spacial score (nSPS) is 14.0. The van der Waals surface area contributed by atoms with Crippen molar-refractivity contribution in [2.24, 2.45) is 11.5 Å². The number of carbonyl (C=O) groups is 1. The Morgan fingerprint density at radius 2 is 1.77 bits per heavy atom. The number of hydrogen-bond donors (Lipinski definition) is 3. The van der Waals surface area contributed by atoms with Crippen LogP contribution < -0.4 is 16.2 Å². The second-order valence-electron chi connectivity index (χ2n) is 6.66. The van der Waals surface area contributed by atoms with Gasteiger partial charge in [0.2, 0.25) is 5.91 Å². The fraction of sp³-hybridized carbons (Fsp3) is 0.158. The van der Waals surface area contributed by atoms with Gasteiger partial charge in [-0.1, -0.05) is 24.3 Å². The van der Waals surface area contributed by atoms with Crippen molar-refractivity contribution in [1.82, 2.24) is 19.6 Å². The third kappa shape index (κ3) is 3.51. The van der Waals surface area contributed by atoms with Crippen LogP contribution in [0.5, 0.6) is 5.75 Å². The minimum atomic E-state index is -4.93. The van der Waals surface area contributed by atoms with Gasteiger partial charge < -0.3 is 21.3 Å². The van der Waals surface area contributed by atoms with E-state index in [1.807, 2.05) is 0 Å². The van der Waals surface area contributed by atoms with Gasteiger partial charge in [-0.3, -0.25) is 4.79 Å². The van der Waals surface area contributed by atoms with E-state index in [2.05, 4.69) is 19.8 Å². The summed E-state index contributed by atoms with van der Waals surface area (Å²) in [7, 11) is 0. The Hall–Kier alpha value is -3.77. The highest BCUT2D eigenvalue weighted by molar-refractivity contribution is 5.93. The zero-order valence-electron chi connectivity index (χ0n) is 15.7. The molecule has 2 aromatic carbocycles. The number of aromatic nitrogens is 4. The van der Waals surface area contributed by atoms with E-state index in [0.717, 1.165) is 10.6 Å². The molecule has 9 nitrogen and oxygen atoms in total. The molecule has 4 aromatic rings. The summed E-state index contributed by atoms with van der Waals surface area (Å²) in [5.41, 5.74) is 9.78. The second kappa shape index (κ2) is 7.18. The van der Waals surface area contributed by atoms with E-state index in [9.17, 15) is 23.1 Å². The van der Waals surface area contributed by atoms with Gasteiger partial charge >= 0.3 is 6.36 Å². The van der Waals surface area contributed by atoms with Crippen LogP contribution in [0.2, 0.25) is 0 Å². The summed E-state index contributed by atoms with van der Waals surface area (Å²) in [6.07, 6.45) is -4.93. The fourth-order valence-corrected chi connectivity index (χ4v) is 3.08. The maximum Gasteiger partial charge on any atom is 0.573 e. The molecule has 0 aliphatic carbocycles. The van der Waals surface area contributed by atoms with Crippen molar-refractivity contribution in [2.45, 2.75) is 11.9 Å². The maximum atomic E-state index is 12.8. The van der Waals surface area contributed by atoms with Crippen molar-refractivity contribution in [3.05, 3.63) is 54.4 Å². The number of primary amides is 1. The van der Waals surface area contributed by atoms with Crippen molar-refractivity contribution in [3.63, 3.8) is 0 Å². The van der Waals surface area contributed by atoms with Crippen LogP contribution in [0.25, 0.3) is 27.9 Å². The lowest BCUT2D eigenvalue weighted by atomic mass is 10.00. The number of rotatable bonds is 5. The topological polar surface area (TPSA) is 142 Å². The number of benzene rings is 2. The number of aliphatic hydroxyl groups excluding tert-OH is 1. The molecular weight excluding hydrogens is 417 g/mol. The Kier molecular flexibility index (Phi) is 4.75. The maximum absolute atomic E-state index is 12.8. The number of aliphatic hydroxyl groups is 1. The quantitative estimate of drug-likeness (QED) is 0.434. The number of ether oxygens (including phenoxy) is 1. The zero-order chi connectivity index (χ0) is 22.4. The summed E-state index contributed by atoms with van der Waals surface area (Å²) >= 11 is 0. The summed E-state index contributed by atoms with van der Waals surface area (Å²) in [6, 6.07) is 12.0. The molecule has 0 spiro atoms. The molecule has 160 valence electrons. The number of halogens is 3. The molecule has 31 heavy (non-hydrogen) atoms. The number of nitrogens with two attached hydrogens (primary N) is 2. The first-order valence-corrected chi connectivity index (χ1v) is 8.85. The molecule has 0 saturated carbocycles. The number of para-hydroxylation sites is 2. The molecule has 4 rings (SSSR count). The van der Waals surface area contributed by atoms with E-state index in [0.29, 0.717) is 10.9 Å². The largest absolute Gasteiger partial charge is 0.573 e. The summed E-state index contributed by atoms with van der Waals surface area (Å²) in [4.78, 5) is 20.7. The van der Waals surface area contributed by atoms with Gasteiger partial charge in [0.05, 0.1) is 17.7 Å². The number of amides is 1. The van der Waals surface area contributed by atoms with Gasteiger partial charge in [-0.15, -0.1) is 18.3 Å². The van der Waals surface area contributed by atoms with Crippen LogP contribution >= 0.6 is 0 Å². The number of nitrogens with zero attached hydrogens (tertiary/aromatic N) is 4. The van der Waals surface area contributed by atoms with Gasteiger partial charge in [0.1, 0.15) is 5.75 Å². The van der Waals surface area contributed by atoms with Gasteiger partial charge in [0.25, 0.3) is 0 Å². The van der Waals surface area contributed by atoms with Gasteiger partial charge in [-0.05, 0) is 24.3 Å². The second-order valence-corrected chi connectivity index (χ2v) is 6.66. The zero-order valence-corrected chi connectivity index (χ0v) is 15.7. The third-order valence-electron chi connectivity index (χ3n) is 4.62. The lowest BCUT2D eigenvalue weighted by molar-refractivity contribution is -0.274. The van der Waals surface area contributed by atoms with E-state index in [1.54, 1.807) is 24.3 Å². The minimum absolute atomic E-state index is 0.0516. The number of alkyl halides is 3. The van der Waals surface area contributed by atoms with E-state index in [4.69, 9.17) is 11.5 Å². The van der Waals surface area contributed by atoms with Gasteiger partial charge in [0.15, 0.2) is 22.8 Å². The third-order valence-corrected chi connectivity index (χ3v) is 4.62. The molecule has 1 atom stereocenters. The Bertz CT molecular complexity index is 1310. The molecule has 0 saturated heterocycles. The van der Waals surface area contributed by atoms with Gasteiger partial charge in [-0.25, -0.2) is 9.97 Å². The molecule has 1 amide bonds. The highest BCUT2D eigenvalue weighted by Crippen LogP contribution is 2.33. The van der Waals surface area contributed by atoms with Crippen molar-refractivity contribution >= 4 is 22.5 Å². The van der Waals surface area contributed by atoms with E-state index >= 15 is 0 Å². The predicted molar refractivity (Wildman–Crippen MR) is 103 cm³/mol. The molecule has 0 radical (unpaired) electrons. The Labute approximate surface area is 172 Å². The van der Waals surface area contributed by atoms with Crippen LogP contribution in [-0.2, 0) is 10.3 Å². The van der Waals surface area contributed by atoms with Crippen LogP contribution in [-0.4, -0.2) is 43.6 Å². The highest BCUT2D eigenvalue weighted by atomic mass is 19.4.